The zero-order valence-corrected chi connectivity index (χ0v) is 14.6. The molecular weight excluding hydrogens is 290 g/mol. The Labute approximate surface area is 138 Å². The summed E-state index contributed by atoms with van der Waals surface area (Å²) in [5.74, 6) is -0.200. The summed E-state index contributed by atoms with van der Waals surface area (Å²) in [5.41, 5.74) is 0.258. The summed E-state index contributed by atoms with van der Waals surface area (Å²) in [6.07, 6.45) is 1.74. The average Bonchev–Trinajstić information content (AvgIpc) is 3.25. The van der Waals surface area contributed by atoms with Crippen molar-refractivity contribution in [3.63, 3.8) is 0 Å². The van der Waals surface area contributed by atoms with Crippen LogP contribution in [0.3, 0.4) is 0 Å². The molecule has 1 aromatic rings. The second-order valence-electron chi connectivity index (χ2n) is 7.31. The summed E-state index contributed by atoms with van der Waals surface area (Å²) >= 11 is 0. The van der Waals surface area contributed by atoms with Crippen LogP contribution in [-0.2, 0) is 20.9 Å². The van der Waals surface area contributed by atoms with Crippen LogP contribution in [0.15, 0.2) is 30.3 Å². The van der Waals surface area contributed by atoms with E-state index in [1.807, 2.05) is 56.0 Å². The van der Waals surface area contributed by atoms with E-state index < -0.39 is 5.41 Å². The molecule has 0 spiro atoms. The molecule has 1 aromatic carbocycles. The van der Waals surface area contributed by atoms with Gasteiger partial charge in [-0.25, -0.2) is 0 Å². The zero-order chi connectivity index (χ0) is 17.1. The van der Waals surface area contributed by atoms with Crippen molar-refractivity contribution in [3.8, 4) is 0 Å². The first kappa shape index (κ1) is 17.5. The molecule has 126 valence electrons. The predicted molar refractivity (Wildman–Crippen MR) is 89.7 cm³/mol. The van der Waals surface area contributed by atoms with Crippen LogP contribution in [0.25, 0.3) is 0 Å². The van der Waals surface area contributed by atoms with Gasteiger partial charge in [0, 0.05) is 12.1 Å². The Bertz CT molecular complexity index is 556. The third-order valence-corrected chi connectivity index (χ3v) is 4.33. The molecule has 0 saturated heterocycles. The van der Waals surface area contributed by atoms with Crippen molar-refractivity contribution >= 4 is 11.9 Å². The normalized spacial score (nSPS) is 15.8. The number of ether oxygens (including phenoxy) is 1. The lowest BCUT2D eigenvalue weighted by Gasteiger charge is -2.38. The SMILES string of the molecule is CCOC(=O)CC1(C(=O)N(Cc2ccccc2)C(C)(C)C)CC1. The first-order valence-corrected chi connectivity index (χ1v) is 8.30. The quantitative estimate of drug-likeness (QED) is 0.754. The lowest BCUT2D eigenvalue weighted by atomic mass is 9.95. The number of amides is 1. The number of nitrogens with zero attached hydrogens (tertiary/aromatic N) is 1. The van der Waals surface area contributed by atoms with Crippen molar-refractivity contribution in [1.29, 1.82) is 0 Å². The molecule has 23 heavy (non-hydrogen) atoms. The molecule has 0 aliphatic heterocycles. The van der Waals surface area contributed by atoms with Crippen molar-refractivity contribution in [2.75, 3.05) is 6.61 Å². The molecule has 1 aliphatic carbocycles. The molecule has 4 heteroatoms. The van der Waals surface area contributed by atoms with Crippen LogP contribution in [0, 0.1) is 5.41 Å². The van der Waals surface area contributed by atoms with Gasteiger partial charge in [0.05, 0.1) is 18.4 Å². The van der Waals surface area contributed by atoms with Gasteiger partial charge >= 0.3 is 5.97 Å². The van der Waals surface area contributed by atoms with E-state index >= 15 is 0 Å². The Kier molecular flexibility index (Phi) is 5.12. The maximum absolute atomic E-state index is 13.1. The van der Waals surface area contributed by atoms with Gasteiger partial charge in [-0.3, -0.25) is 9.59 Å². The molecular formula is C19H27NO3. The van der Waals surface area contributed by atoms with Crippen LogP contribution in [0.4, 0.5) is 0 Å². The molecule has 1 amide bonds. The summed E-state index contributed by atoms with van der Waals surface area (Å²) in [6, 6.07) is 9.97. The topological polar surface area (TPSA) is 46.6 Å². The highest BCUT2D eigenvalue weighted by Gasteiger charge is 2.54. The largest absolute Gasteiger partial charge is 0.466 e. The Morgan fingerprint density at radius 2 is 1.78 bits per heavy atom. The molecule has 1 saturated carbocycles. The molecule has 0 unspecified atom stereocenters. The molecule has 0 N–H and O–H groups in total. The number of hydrogen-bond donors (Lipinski definition) is 0. The number of carbonyl (C=O) groups is 2. The van der Waals surface area contributed by atoms with E-state index in [0.717, 1.165) is 18.4 Å². The van der Waals surface area contributed by atoms with E-state index in [1.54, 1.807) is 6.92 Å². The molecule has 0 heterocycles. The van der Waals surface area contributed by atoms with E-state index in [2.05, 4.69) is 0 Å². The Morgan fingerprint density at radius 1 is 1.17 bits per heavy atom. The molecule has 1 fully saturated rings. The molecule has 4 nitrogen and oxygen atoms in total. The standard InChI is InChI=1S/C19H27NO3/c1-5-23-16(21)13-19(11-12-19)17(22)20(18(2,3)4)14-15-9-7-6-8-10-15/h6-10H,5,11-14H2,1-4H3. The third-order valence-electron chi connectivity index (χ3n) is 4.33. The molecule has 0 bridgehead atoms. The van der Waals surface area contributed by atoms with Gasteiger partial charge in [-0.1, -0.05) is 30.3 Å². The van der Waals surface area contributed by atoms with Gasteiger partial charge in [-0.05, 0) is 46.1 Å². The summed E-state index contributed by atoms with van der Waals surface area (Å²) < 4.78 is 5.04. The zero-order valence-electron chi connectivity index (χ0n) is 14.6. The maximum Gasteiger partial charge on any atom is 0.306 e. The maximum atomic E-state index is 13.1. The fourth-order valence-corrected chi connectivity index (χ4v) is 2.77. The van der Waals surface area contributed by atoms with Gasteiger partial charge in [0.1, 0.15) is 0 Å². The highest BCUT2D eigenvalue weighted by molar-refractivity contribution is 5.90. The van der Waals surface area contributed by atoms with Crippen LogP contribution < -0.4 is 0 Å². The highest BCUT2D eigenvalue weighted by atomic mass is 16.5. The van der Waals surface area contributed by atoms with Gasteiger partial charge in [0.25, 0.3) is 0 Å². The number of rotatable bonds is 6. The highest BCUT2D eigenvalue weighted by Crippen LogP contribution is 2.51. The average molecular weight is 317 g/mol. The number of carbonyl (C=O) groups excluding carboxylic acids is 2. The summed E-state index contributed by atoms with van der Waals surface area (Å²) in [6.45, 7) is 8.82. The summed E-state index contributed by atoms with van der Waals surface area (Å²) in [7, 11) is 0. The lowest BCUT2D eigenvalue weighted by Crippen LogP contribution is -2.48. The molecule has 0 aromatic heterocycles. The minimum Gasteiger partial charge on any atom is -0.466 e. The minimum absolute atomic E-state index is 0.0712. The fraction of sp³-hybridized carbons (Fsp3) is 0.579. The monoisotopic (exact) mass is 317 g/mol. The summed E-state index contributed by atoms with van der Waals surface area (Å²) in [4.78, 5) is 26.9. The molecule has 2 rings (SSSR count). The van der Waals surface area contributed by atoms with E-state index in [0.29, 0.717) is 13.2 Å². The van der Waals surface area contributed by atoms with Crippen LogP contribution in [0.2, 0.25) is 0 Å². The molecule has 0 radical (unpaired) electrons. The van der Waals surface area contributed by atoms with Crippen LogP contribution >= 0.6 is 0 Å². The van der Waals surface area contributed by atoms with Crippen molar-refractivity contribution in [2.45, 2.75) is 59.0 Å². The van der Waals surface area contributed by atoms with Gasteiger partial charge < -0.3 is 9.64 Å². The van der Waals surface area contributed by atoms with Gasteiger partial charge in [-0.15, -0.1) is 0 Å². The van der Waals surface area contributed by atoms with Gasteiger partial charge in [0.2, 0.25) is 5.91 Å². The van der Waals surface area contributed by atoms with Crippen molar-refractivity contribution in [2.24, 2.45) is 5.41 Å². The van der Waals surface area contributed by atoms with Crippen LogP contribution in [0.1, 0.15) is 52.5 Å². The number of esters is 1. The van der Waals surface area contributed by atoms with E-state index in [9.17, 15) is 9.59 Å². The van der Waals surface area contributed by atoms with Crippen molar-refractivity contribution in [3.05, 3.63) is 35.9 Å². The van der Waals surface area contributed by atoms with E-state index in [1.165, 1.54) is 0 Å². The van der Waals surface area contributed by atoms with E-state index in [4.69, 9.17) is 4.74 Å². The minimum atomic E-state index is -0.547. The first-order chi connectivity index (χ1) is 10.8. The van der Waals surface area contributed by atoms with Crippen molar-refractivity contribution in [1.82, 2.24) is 4.90 Å². The molecule has 1 aliphatic rings. The van der Waals surface area contributed by atoms with Crippen molar-refractivity contribution < 1.29 is 14.3 Å². The van der Waals surface area contributed by atoms with Crippen LogP contribution in [-0.4, -0.2) is 28.9 Å². The summed E-state index contributed by atoms with van der Waals surface area (Å²) in [5, 5.41) is 0. The lowest BCUT2D eigenvalue weighted by molar-refractivity contribution is -0.152. The fourth-order valence-electron chi connectivity index (χ4n) is 2.77. The van der Waals surface area contributed by atoms with Gasteiger partial charge in [0.15, 0.2) is 0 Å². The Hall–Kier alpha value is -1.84. The predicted octanol–water partition coefficient (Wildman–Crippen LogP) is 3.55. The van der Waals surface area contributed by atoms with E-state index in [-0.39, 0.29) is 23.8 Å². The number of benzene rings is 1. The number of hydrogen-bond acceptors (Lipinski definition) is 3. The second kappa shape index (κ2) is 6.73. The second-order valence-corrected chi connectivity index (χ2v) is 7.31. The van der Waals surface area contributed by atoms with Gasteiger partial charge in [-0.2, -0.15) is 0 Å². The van der Waals surface area contributed by atoms with Crippen LogP contribution in [0.5, 0.6) is 0 Å². The first-order valence-electron chi connectivity index (χ1n) is 8.30. The molecule has 0 atom stereocenters. The Balaban J connectivity index is 2.16. The third kappa shape index (κ3) is 4.34. The Morgan fingerprint density at radius 3 is 2.26 bits per heavy atom. The smallest absolute Gasteiger partial charge is 0.306 e.